The quantitative estimate of drug-likeness (QED) is 0.789. The van der Waals surface area contributed by atoms with Crippen molar-refractivity contribution in [2.45, 2.75) is 25.8 Å². The van der Waals surface area contributed by atoms with E-state index in [4.69, 9.17) is 0 Å². The van der Waals surface area contributed by atoms with Crippen LogP contribution < -0.4 is 10.6 Å². The molecule has 2 N–H and O–H groups in total. The van der Waals surface area contributed by atoms with E-state index in [1.807, 2.05) is 42.3 Å². The first-order valence-corrected chi connectivity index (χ1v) is 9.05. The average Bonchev–Trinajstić information content (AvgIpc) is 2.63. The third-order valence-electron chi connectivity index (χ3n) is 4.59. The van der Waals surface area contributed by atoms with Crippen LogP contribution in [-0.2, 0) is 11.3 Å². The largest absolute Gasteiger partial charge is 0.342 e. The Labute approximate surface area is 150 Å². The minimum atomic E-state index is -0.150. The standard InChI is InChI=1S/C19H30N4O2/c1-20-13-17-9-6-12-23(15-17)18(24)10-11-21-19(25)22(2)14-16-7-4-3-5-8-16/h3-5,7-8,17,20H,6,9-15H2,1-2H3,(H,21,25). The summed E-state index contributed by atoms with van der Waals surface area (Å²) in [5.41, 5.74) is 1.08. The van der Waals surface area contributed by atoms with Gasteiger partial charge in [-0.2, -0.15) is 0 Å². The number of amides is 3. The molecule has 1 fully saturated rings. The van der Waals surface area contributed by atoms with Crippen LogP contribution in [0.1, 0.15) is 24.8 Å². The minimum absolute atomic E-state index is 0.131. The first kappa shape index (κ1) is 19.2. The maximum atomic E-state index is 12.3. The normalized spacial score (nSPS) is 17.2. The molecule has 0 saturated carbocycles. The number of carbonyl (C=O) groups is 2. The molecule has 1 aromatic carbocycles. The zero-order valence-electron chi connectivity index (χ0n) is 15.3. The van der Waals surface area contributed by atoms with Crippen LogP contribution in [0.4, 0.5) is 4.79 Å². The number of nitrogens with zero attached hydrogens (tertiary/aromatic N) is 2. The van der Waals surface area contributed by atoms with Crippen LogP contribution in [0.3, 0.4) is 0 Å². The van der Waals surface area contributed by atoms with Crippen molar-refractivity contribution >= 4 is 11.9 Å². The number of likely N-dealkylation sites (tertiary alicyclic amines) is 1. The number of hydrogen-bond donors (Lipinski definition) is 2. The molecule has 1 atom stereocenters. The van der Waals surface area contributed by atoms with Crippen molar-refractivity contribution in [3.63, 3.8) is 0 Å². The van der Waals surface area contributed by atoms with E-state index in [9.17, 15) is 9.59 Å². The predicted molar refractivity (Wildman–Crippen MR) is 99.2 cm³/mol. The van der Waals surface area contributed by atoms with E-state index in [1.54, 1.807) is 11.9 Å². The maximum absolute atomic E-state index is 12.3. The highest BCUT2D eigenvalue weighted by Gasteiger charge is 2.23. The Morgan fingerprint density at radius 3 is 2.76 bits per heavy atom. The SMILES string of the molecule is CNCC1CCCN(C(=O)CCNC(=O)N(C)Cc2ccccc2)C1. The number of nitrogens with one attached hydrogen (secondary N) is 2. The molecule has 6 heteroatoms. The molecule has 138 valence electrons. The summed E-state index contributed by atoms with van der Waals surface area (Å²) in [5.74, 6) is 0.668. The highest BCUT2D eigenvalue weighted by molar-refractivity contribution is 5.78. The predicted octanol–water partition coefficient (Wildman–Crippen LogP) is 1.68. The Morgan fingerprint density at radius 2 is 2.04 bits per heavy atom. The molecule has 3 amide bonds. The second kappa shape index (κ2) is 10.0. The van der Waals surface area contributed by atoms with Crippen molar-refractivity contribution in [3.05, 3.63) is 35.9 Å². The molecule has 1 unspecified atom stereocenters. The zero-order chi connectivity index (χ0) is 18.1. The van der Waals surface area contributed by atoms with Gasteiger partial charge in [-0.05, 0) is 37.9 Å². The summed E-state index contributed by atoms with van der Waals surface area (Å²) in [6, 6.07) is 9.70. The fourth-order valence-corrected chi connectivity index (χ4v) is 3.25. The van der Waals surface area contributed by atoms with Gasteiger partial charge in [0.05, 0.1) is 0 Å². The molecule has 2 rings (SSSR count). The summed E-state index contributed by atoms with van der Waals surface area (Å²) in [7, 11) is 3.71. The van der Waals surface area contributed by atoms with E-state index in [1.165, 1.54) is 6.42 Å². The molecule has 1 aliphatic rings. The van der Waals surface area contributed by atoms with Gasteiger partial charge in [-0.15, -0.1) is 0 Å². The van der Waals surface area contributed by atoms with Crippen LogP contribution in [0.25, 0.3) is 0 Å². The Balaban J connectivity index is 1.68. The highest BCUT2D eigenvalue weighted by atomic mass is 16.2. The molecule has 0 spiro atoms. The molecule has 0 aromatic heterocycles. The summed E-state index contributed by atoms with van der Waals surface area (Å²) in [5, 5.41) is 6.02. The maximum Gasteiger partial charge on any atom is 0.317 e. The Kier molecular flexibility index (Phi) is 7.73. The second-order valence-electron chi connectivity index (χ2n) is 6.73. The lowest BCUT2D eigenvalue weighted by atomic mass is 9.98. The summed E-state index contributed by atoms with van der Waals surface area (Å²) < 4.78 is 0. The van der Waals surface area contributed by atoms with Gasteiger partial charge in [0.1, 0.15) is 0 Å². The molecule has 1 heterocycles. The van der Waals surface area contributed by atoms with Crippen molar-refractivity contribution < 1.29 is 9.59 Å². The van der Waals surface area contributed by atoms with E-state index < -0.39 is 0 Å². The molecule has 6 nitrogen and oxygen atoms in total. The molecule has 0 aliphatic carbocycles. The van der Waals surface area contributed by atoms with Crippen LogP contribution in [0.2, 0.25) is 0 Å². The number of carbonyl (C=O) groups excluding carboxylic acids is 2. The highest BCUT2D eigenvalue weighted by Crippen LogP contribution is 2.16. The molecule has 1 aliphatic heterocycles. The van der Waals surface area contributed by atoms with Crippen LogP contribution in [-0.4, -0.2) is 62.0 Å². The number of urea groups is 1. The van der Waals surface area contributed by atoms with E-state index >= 15 is 0 Å². The van der Waals surface area contributed by atoms with Crippen molar-refractivity contribution in [3.8, 4) is 0 Å². The first-order valence-electron chi connectivity index (χ1n) is 9.05. The topological polar surface area (TPSA) is 64.7 Å². The summed E-state index contributed by atoms with van der Waals surface area (Å²) in [6.07, 6.45) is 2.59. The third-order valence-corrected chi connectivity index (χ3v) is 4.59. The van der Waals surface area contributed by atoms with Gasteiger partial charge < -0.3 is 20.4 Å². The lowest BCUT2D eigenvalue weighted by Crippen LogP contribution is -2.44. The van der Waals surface area contributed by atoms with Gasteiger partial charge in [0.25, 0.3) is 0 Å². The Morgan fingerprint density at radius 1 is 1.28 bits per heavy atom. The Bertz CT molecular complexity index is 548. The second-order valence-corrected chi connectivity index (χ2v) is 6.73. The molecular formula is C19H30N4O2. The summed E-state index contributed by atoms with van der Waals surface area (Å²) in [6.45, 7) is 3.54. The summed E-state index contributed by atoms with van der Waals surface area (Å²) >= 11 is 0. The minimum Gasteiger partial charge on any atom is -0.342 e. The van der Waals surface area contributed by atoms with Gasteiger partial charge in [-0.3, -0.25) is 4.79 Å². The lowest BCUT2D eigenvalue weighted by Gasteiger charge is -2.33. The lowest BCUT2D eigenvalue weighted by molar-refractivity contribution is -0.132. The van der Waals surface area contributed by atoms with Crippen molar-refractivity contribution in [1.82, 2.24) is 20.4 Å². The van der Waals surface area contributed by atoms with E-state index in [0.717, 1.165) is 31.6 Å². The van der Waals surface area contributed by atoms with Crippen LogP contribution in [0.15, 0.2) is 30.3 Å². The smallest absolute Gasteiger partial charge is 0.317 e. The zero-order valence-corrected chi connectivity index (χ0v) is 15.3. The van der Waals surface area contributed by atoms with Crippen molar-refractivity contribution in [2.24, 2.45) is 5.92 Å². The van der Waals surface area contributed by atoms with Gasteiger partial charge in [-0.1, -0.05) is 30.3 Å². The number of rotatable bonds is 7. The van der Waals surface area contributed by atoms with Crippen LogP contribution in [0, 0.1) is 5.92 Å². The van der Waals surface area contributed by atoms with Crippen molar-refractivity contribution in [1.29, 1.82) is 0 Å². The average molecular weight is 346 g/mol. The third kappa shape index (κ3) is 6.38. The number of benzene rings is 1. The monoisotopic (exact) mass is 346 g/mol. The Hall–Kier alpha value is -2.08. The molecular weight excluding hydrogens is 316 g/mol. The van der Waals surface area contributed by atoms with Gasteiger partial charge in [0.2, 0.25) is 5.91 Å². The van der Waals surface area contributed by atoms with E-state index in [0.29, 0.717) is 25.4 Å². The van der Waals surface area contributed by atoms with Gasteiger partial charge >= 0.3 is 6.03 Å². The number of piperidine rings is 1. The van der Waals surface area contributed by atoms with Gasteiger partial charge in [0.15, 0.2) is 0 Å². The van der Waals surface area contributed by atoms with E-state index in [2.05, 4.69) is 10.6 Å². The molecule has 0 radical (unpaired) electrons. The molecule has 1 saturated heterocycles. The first-order chi connectivity index (χ1) is 12.1. The molecule has 25 heavy (non-hydrogen) atoms. The summed E-state index contributed by atoms with van der Waals surface area (Å²) in [4.78, 5) is 28.0. The van der Waals surface area contributed by atoms with Gasteiger partial charge in [0, 0.05) is 39.6 Å². The molecule has 0 bridgehead atoms. The van der Waals surface area contributed by atoms with Crippen molar-refractivity contribution in [2.75, 3.05) is 40.3 Å². The van der Waals surface area contributed by atoms with Crippen LogP contribution in [0.5, 0.6) is 0 Å². The van der Waals surface area contributed by atoms with E-state index in [-0.39, 0.29) is 11.9 Å². The fourth-order valence-electron chi connectivity index (χ4n) is 3.25. The van der Waals surface area contributed by atoms with Crippen LogP contribution >= 0.6 is 0 Å². The van der Waals surface area contributed by atoms with Gasteiger partial charge in [-0.25, -0.2) is 4.79 Å². The number of hydrogen-bond acceptors (Lipinski definition) is 3. The molecule has 1 aromatic rings. The fraction of sp³-hybridized carbons (Fsp3) is 0.579.